The van der Waals surface area contributed by atoms with Crippen LogP contribution in [0, 0.1) is 24.1 Å². The van der Waals surface area contributed by atoms with Crippen molar-refractivity contribution in [3.05, 3.63) is 51.5 Å². The Morgan fingerprint density at radius 3 is 2.52 bits per heavy atom. The summed E-state index contributed by atoms with van der Waals surface area (Å²) >= 11 is 0. The van der Waals surface area contributed by atoms with Gasteiger partial charge in [0.05, 0.1) is 23.7 Å². The maximum atomic E-state index is 13.9. The van der Waals surface area contributed by atoms with Crippen molar-refractivity contribution in [1.82, 2.24) is 14.3 Å². The zero-order valence-electron chi connectivity index (χ0n) is 12.5. The summed E-state index contributed by atoms with van der Waals surface area (Å²) in [7, 11) is 0. The Hall–Kier alpha value is -2.42. The van der Waals surface area contributed by atoms with E-state index < -0.39 is 11.4 Å². The van der Waals surface area contributed by atoms with Crippen LogP contribution in [0.3, 0.4) is 0 Å². The molecule has 110 valence electrons. The average molecular weight is 288 g/mol. The molecule has 0 bridgehead atoms. The molecule has 1 heterocycles. The summed E-state index contributed by atoms with van der Waals surface area (Å²) in [6.45, 7) is 7.46. The number of benzene rings is 1. The standard InChI is InChI=1S/C15H17FN4O/c1-10-18-20(15(2,3)4)14(21)19(10)9-12-6-5-11(8-17)7-13(12)16/h5-7H,9H2,1-4H3. The lowest BCUT2D eigenvalue weighted by molar-refractivity contribution is 0.340. The fourth-order valence-electron chi connectivity index (χ4n) is 2.03. The van der Waals surface area contributed by atoms with Gasteiger partial charge in [0.15, 0.2) is 0 Å². The van der Waals surface area contributed by atoms with Crippen molar-refractivity contribution < 1.29 is 4.39 Å². The van der Waals surface area contributed by atoms with Gasteiger partial charge in [-0.2, -0.15) is 10.4 Å². The van der Waals surface area contributed by atoms with Gasteiger partial charge in [-0.05, 0) is 39.8 Å². The molecular formula is C15H17FN4O. The Bertz CT molecular complexity index is 774. The minimum Gasteiger partial charge on any atom is -0.275 e. The summed E-state index contributed by atoms with van der Waals surface area (Å²) in [5, 5.41) is 13.0. The lowest BCUT2D eigenvalue weighted by atomic mass is 10.1. The van der Waals surface area contributed by atoms with E-state index in [0.717, 1.165) is 0 Å². The maximum Gasteiger partial charge on any atom is 0.346 e. The molecule has 0 atom stereocenters. The smallest absolute Gasteiger partial charge is 0.275 e. The third kappa shape index (κ3) is 2.87. The lowest BCUT2D eigenvalue weighted by Gasteiger charge is -2.16. The first-order chi connectivity index (χ1) is 9.74. The van der Waals surface area contributed by atoms with E-state index in [0.29, 0.717) is 11.4 Å². The van der Waals surface area contributed by atoms with Crippen LogP contribution in [-0.4, -0.2) is 14.3 Å². The molecular weight excluding hydrogens is 271 g/mol. The highest BCUT2D eigenvalue weighted by Crippen LogP contribution is 2.13. The van der Waals surface area contributed by atoms with Crippen LogP contribution in [0.5, 0.6) is 0 Å². The number of halogens is 1. The van der Waals surface area contributed by atoms with Gasteiger partial charge in [0.2, 0.25) is 0 Å². The molecule has 0 amide bonds. The van der Waals surface area contributed by atoms with Gasteiger partial charge in [-0.3, -0.25) is 4.57 Å². The fourth-order valence-corrected chi connectivity index (χ4v) is 2.03. The van der Waals surface area contributed by atoms with E-state index in [2.05, 4.69) is 5.10 Å². The SMILES string of the molecule is Cc1nn(C(C)(C)C)c(=O)n1Cc1ccc(C#N)cc1F. The number of rotatable bonds is 2. The Balaban J connectivity index is 2.44. The first-order valence-corrected chi connectivity index (χ1v) is 6.59. The summed E-state index contributed by atoms with van der Waals surface area (Å²) in [5.74, 6) is 0.0301. The first-order valence-electron chi connectivity index (χ1n) is 6.59. The van der Waals surface area contributed by atoms with Crippen LogP contribution in [0.15, 0.2) is 23.0 Å². The van der Waals surface area contributed by atoms with Crippen LogP contribution in [0.2, 0.25) is 0 Å². The molecule has 5 nitrogen and oxygen atoms in total. The minimum atomic E-state index is -0.496. The topological polar surface area (TPSA) is 63.6 Å². The predicted octanol–water partition coefficient (Wildman–Crippen LogP) is 2.17. The normalized spacial score (nSPS) is 11.4. The molecule has 6 heteroatoms. The molecule has 0 saturated carbocycles. The predicted molar refractivity (Wildman–Crippen MR) is 76.4 cm³/mol. The van der Waals surface area contributed by atoms with Crippen LogP contribution in [-0.2, 0) is 12.1 Å². The maximum absolute atomic E-state index is 13.9. The molecule has 0 N–H and O–H groups in total. The summed E-state index contributed by atoms with van der Waals surface area (Å²) in [6, 6.07) is 6.11. The van der Waals surface area contributed by atoms with Crippen molar-refractivity contribution in [2.45, 2.75) is 39.8 Å². The van der Waals surface area contributed by atoms with E-state index in [1.807, 2.05) is 26.8 Å². The average Bonchev–Trinajstić information content (AvgIpc) is 2.68. The van der Waals surface area contributed by atoms with Crippen molar-refractivity contribution in [3.63, 3.8) is 0 Å². The van der Waals surface area contributed by atoms with Crippen molar-refractivity contribution >= 4 is 0 Å². The summed E-state index contributed by atoms with van der Waals surface area (Å²) in [4.78, 5) is 12.4. The third-order valence-electron chi connectivity index (χ3n) is 3.19. The third-order valence-corrected chi connectivity index (χ3v) is 3.19. The van der Waals surface area contributed by atoms with Gasteiger partial charge in [0.25, 0.3) is 0 Å². The highest BCUT2D eigenvalue weighted by atomic mass is 19.1. The Morgan fingerprint density at radius 2 is 2.05 bits per heavy atom. The van der Waals surface area contributed by atoms with Crippen LogP contribution in [0.1, 0.15) is 37.7 Å². The number of hydrogen-bond acceptors (Lipinski definition) is 3. The van der Waals surface area contributed by atoms with Gasteiger partial charge in [-0.15, -0.1) is 0 Å². The Morgan fingerprint density at radius 1 is 1.38 bits per heavy atom. The molecule has 0 aliphatic rings. The number of hydrogen-bond donors (Lipinski definition) is 0. The monoisotopic (exact) mass is 288 g/mol. The molecule has 1 aromatic carbocycles. The first kappa shape index (κ1) is 15.0. The summed E-state index contributed by atoms with van der Waals surface area (Å²) in [5.41, 5.74) is -0.0989. The minimum absolute atomic E-state index is 0.0955. The number of aromatic nitrogens is 3. The summed E-state index contributed by atoms with van der Waals surface area (Å²) < 4.78 is 16.8. The molecule has 0 aliphatic heterocycles. The van der Waals surface area contributed by atoms with Crippen LogP contribution < -0.4 is 5.69 Å². The van der Waals surface area contributed by atoms with Crippen LogP contribution in [0.4, 0.5) is 4.39 Å². The highest BCUT2D eigenvalue weighted by Gasteiger charge is 2.21. The van der Waals surface area contributed by atoms with E-state index >= 15 is 0 Å². The molecule has 0 aliphatic carbocycles. The number of nitrogens with zero attached hydrogens (tertiary/aromatic N) is 4. The van der Waals surface area contributed by atoms with Gasteiger partial charge in [-0.25, -0.2) is 13.9 Å². The van der Waals surface area contributed by atoms with Gasteiger partial charge in [-0.1, -0.05) is 6.07 Å². The zero-order valence-corrected chi connectivity index (χ0v) is 12.5. The molecule has 2 aromatic rings. The highest BCUT2D eigenvalue weighted by molar-refractivity contribution is 5.33. The van der Waals surface area contributed by atoms with Gasteiger partial charge < -0.3 is 0 Å². The second-order valence-corrected chi connectivity index (χ2v) is 5.92. The van der Waals surface area contributed by atoms with E-state index in [1.165, 1.54) is 27.4 Å². The molecule has 0 radical (unpaired) electrons. The zero-order chi connectivity index (χ0) is 15.8. The van der Waals surface area contributed by atoms with Crippen molar-refractivity contribution in [2.75, 3.05) is 0 Å². The van der Waals surface area contributed by atoms with Gasteiger partial charge in [0, 0.05) is 5.56 Å². The fraction of sp³-hybridized carbons (Fsp3) is 0.400. The summed E-state index contributed by atoms with van der Waals surface area (Å²) in [6.07, 6.45) is 0. The van der Waals surface area contributed by atoms with Gasteiger partial charge in [0.1, 0.15) is 11.6 Å². The lowest BCUT2D eigenvalue weighted by Crippen LogP contribution is -2.36. The molecule has 0 fully saturated rings. The number of nitriles is 1. The van der Waals surface area contributed by atoms with Crippen LogP contribution >= 0.6 is 0 Å². The molecule has 0 saturated heterocycles. The largest absolute Gasteiger partial charge is 0.346 e. The molecule has 0 spiro atoms. The van der Waals surface area contributed by atoms with E-state index in [1.54, 1.807) is 6.92 Å². The Labute approximate surface area is 122 Å². The second-order valence-electron chi connectivity index (χ2n) is 5.92. The van der Waals surface area contributed by atoms with E-state index in [-0.39, 0.29) is 17.8 Å². The van der Waals surface area contributed by atoms with Gasteiger partial charge >= 0.3 is 5.69 Å². The van der Waals surface area contributed by atoms with E-state index in [4.69, 9.17) is 5.26 Å². The number of aryl methyl sites for hydroxylation is 1. The van der Waals surface area contributed by atoms with Crippen molar-refractivity contribution in [2.24, 2.45) is 0 Å². The van der Waals surface area contributed by atoms with E-state index in [9.17, 15) is 9.18 Å². The molecule has 21 heavy (non-hydrogen) atoms. The van der Waals surface area contributed by atoms with Crippen molar-refractivity contribution in [3.8, 4) is 6.07 Å². The second kappa shape index (κ2) is 5.17. The molecule has 1 aromatic heterocycles. The quantitative estimate of drug-likeness (QED) is 0.850. The van der Waals surface area contributed by atoms with Crippen molar-refractivity contribution in [1.29, 1.82) is 5.26 Å². The molecule has 0 unspecified atom stereocenters. The Kier molecular flexibility index (Phi) is 3.69. The van der Waals surface area contributed by atoms with Crippen LogP contribution in [0.25, 0.3) is 0 Å². The molecule has 2 rings (SSSR count).